The van der Waals surface area contributed by atoms with Crippen LogP contribution in [0.1, 0.15) is 44.1 Å². The number of nitrogens with one attached hydrogen (secondary N) is 1. The Morgan fingerprint density at radius 2 is 1.67 bits per heavy atom. The molecule has 1 unspecified atom stereocenters. The van der Waals surface area contributed by atoms with Crippen molar-refractivity contribution in [3.05, 3.63) is 35.1 Å². The van der Waals surface area contributed by atoms with Crippen LogP contribution in [0.2, 0.25) is 0 Å². The molecule has 2 heterocycles. The second-order valence-electron chi connectivity index (χ2n) is 8.71. The normalized spacial score (nSPS) is 27.3. The van der Waals surface area contributed by atoms with Gasteiger partial charge in [0.15, 0.2) is 11.6 Å². The number of piperidine rings is 1. The van der Waals surface area contributed by atoms with Crippen LogP contribution in [0.4, 0.5) is 13.2 Å². The van der Waals surface area contributed by atoms with Crippen molar-refractivity contribution in [2.75, 3.05) is 6.54 Å². The summed E-state index contributed by atoms with van der Waals surface area (Å²) < 4.78 is 66.9. The van der Waals surface area contributed by atoms with E-state index in [1.807, 2.05) is 0 Å². The summed E-state index contributed by atoms with van der Waals surface area (Å²) in [4.78, 5) is 14.4. The van der Waals surface area contributed by atoms with Crippen LogP contribution >= 0.6 is 0 Å². The van der Waals surface area contributed by atoms with Gasteiger partial charge in [-0.15, -0.1) is 0 Å². The number of hydrogen-bond donors (Lipinski definition) is 2. The molecular formula is C20H26F3N3O3S. The van der Waals surface area contributed by atoms with E-state index in [4.69, 9.17) is 5.73 Å². The number of nitrogens with two attached hydrogens (primary N) is 1. The number of halogens is 3. The Morgan fingerprint density at radius 3 is 2.27 bits per heavy atom. The first-order chi connectivity index (χ1) is 14.2. The number of carbonyl (C=O) groups is 1. The quantitative estimate of drug-likeness (QED) is 0.627. The van der Waals surface area contributed by atoms with E-state index in [-0.39, 0.29) is 47.7 Å². The molecule has 1 aromatic rings. The van der Waals surface area contributed by atoms with E-state index in [0.717, 1.165) is 18.9 Å². The summed E-state index contributed by atoms with van der Waals surface area (Å²) in [5, 5.41) is -0.373. The van der Waals surface area contributed by atoms with Gasteiger partial charge >= 0.3 is 0 Å². The molecule has 1 aromatic carbocycles. The third kappa shape index (κ3) is 4.36. The molecule has 0 aromatic heterocycles. The number of amides is 1. The lowest BCUT2D eigenvalue weighted by molar-refractivity contribution is -0.135. The second kappa shape index (κ2) is 8.12. The van der Waals surface area contributed by atoms with Gasteiger partial charge in [0, 0.05) is 24.2 Å². The minimum absolute atomic E-state index is 0.0159. The van der Waals surface area contributed by atoms with Crippen molar-refractivity contribution >= 4 is 15.9 Å². The van der Waals surface area contributed by atoms with Crippen LogP contribution in [-0.2, 0) is 21.2 Å². The molecule has 1 amide bonds. The summed E-state index contributed by atoms with van der Waals surface area (Å²) in [7, 11) is -3.42. The lowest BCUT2D eigenvalue weighted by Crippen LogP contribution is -2.52. The first-order valence-corrected chi connectivity index (χ1v) is 11.9. The number of fused-ring (bicyclic) bond motifs is 2. The molecule has 2 aliphatic heterocycles. The lowest BCUT2D eigenvalue weighted by Gasteiger charge is -2.41. The van der Waals surface area contributed by atoms with Crippen molar-refractivity contribution in [3.8, 4) is 0 Å². The van der Waals surface area contributed by atoms with E-state index in [1.54, 1.807) is 4.90 Å². The number of benzene rings is 1. The van der Waals surface area contributed by atoms with Crippen molar-refractivity contribution < 1.29 is 26.4 Å². The maximum absolute atomic E-state index is 14.0. The fraction of sp³-hybridized carbons (Fsp3) is 0.650. The van der Waals surface area contributed by atoms with Crippen molar-refractivity contribution in [2.45, 2.75) is 68.3 Å². The zero-order chi connectivity index (χ0) is 21.6. The molecule has 3 fully saturated rings. The molecule has 0 radical (unpaired) electrons. The molecule has 4 atom stereocenters. The summed E-state index contributed by atoms with van der Waals surface area (Å²) in [5.41, 5.74) is 6.33. The summed E-state index contributed by atoms with van der Waals surface area (Å²) in [6.45, 7) is -0.234. The predicted octanol–water partition coefficient (Wildman–Crippen LogP) is 1.83. The third-order valence-electron chi connectivity index (χ3n) is 6.60. The SMILES string of the molecule is N[C@@H](Cc1cc(F)c(F)cc1F)C1C[C@H]2CC[C@@H](C1)N2C(=O)CNS(=O)(=O)C1CC1. The number of nitrogens with zero attached hydrogens (tertiary/aromatic N) is 1. The Labute approximate surface area is 174 Å². The van der Waals surface area contributed by atoms with Gasteiger partial charge in [0.05, 0.1) is 11.8 Å². The van der Waals surface area contributed by atoms with Gasteiger partial charge in [-0.25, -0.2) is 26.3 Å². The lowest BCUT2D eigenvalue weighted by atomic mass is 9.82. The maximum atomic E-state index is 14.0. The predicted molar refractivity (Wildman–Crippen MR) is 104 cm³/mol. The Balaban J connectivity index is 1.36. The minimum Gasteiger partial charge on any atom is -0.336 e. The van der Waals surface area contributed by atoms with Crippen molar-refractivity contribution in [1.29, 1.82) is 0 Å². The first kappa shape index (κ1) is 21.6. The van der Waals surface area contributed by atoms with Crippen LogP contribution in [-0.4, -0.2) is 49.1 Å². The largest absolute Gasteiger partial charge is 0.336 e. The first-order valence-electron chi connectivity index (χ1n) is 10.3. The Hall–Kier alpha value is -1.65. The van der Waals surface area contributed by atoms with Crippen LogP contribution in [0.25, 0.3) is 0 Å². The second-order valence-corrected chi connectivity index (χ2v) is 10.8. The van der Waals surface area contributed by atoms with E-state index in [2.05, 4.69) is 4.72 Å². The molecule has 2 bridgehead atoms. The van der Waals surface area contributed by atoms with Gasteiger partial charge in [-0.1, -0.05) is 0 Å². The van der Waals surface area contributed by atoms with E-state index in [9.17, 15) is 26.4 Å². The minimum atomic E-state index is -3.42. The fourth-order valence-electron chi connectivity index (χ4n) is 4.87. The average molecular weight is 446 g/mol. The zero-order valence-electron chi connectivity index (χ0n) is 16.5. The molecule has 3 aliphatic rings. The molecule has 30 heavy (non-hydrogen) atoms. The summed E-state index contributed by atoms with van der Waals surface area (Å²) in [6, 6.07) is 0.868. The number of carbonyl (C=O) groups excluding carboxylic acids is 1. The molecule has 1 aliphatic carbocycles. The van der Waals surface area contributed by atoms with Gasteiger partial charge in [-0.05, 0) is 62.5 Å². The van der Waals surface area contributed by atoms with Crippen molar-refractivity contribution in [3.63, 3.8) is 0 Å². The smallest absolute Gasteiger partial charge is 0.238 e. The van der Waals surface area contributed by atoms with Gasteiger partial charge < -0.3 is 10.6 Å². The topological polar surface area (TPSA) is 92.5 Å². The summed E-state index contributed by atoms with van der Waals surface area (Å²) >= 11 is 0. The highest BCUT2D eigenvalue weighted by molar-refractivity contribution is 7.90. The molecule has 1 saturated carbocycles. The number of hydrogen-bond acceptors (Lipinski definition) is 4. The highest BCUT2D eigenvalue weighted by atomic mass is 32.2. The zero-order valence-corrected chi connectivity index (χ0v) is 17.3. The van der Waals surface area contributed by atoms with Crippen LogP contribution < -0.4 is 10.5 Å². The number of sulfonamides is 1. The molecule has 166 valence electrons. The van der Waals surface area contributed by atoms with Crippen molar-refractivity contribution in [2.24, 2.45) is 11.7 Å². The molecular weight excluding hydrogens is 419 g/mol. The summed E-state index contributed by atoms with van der Waals surface area (Å²) in [6.07, 6.45) is 4.24. The van der Waals surface area contributed by atoms with E-state index in [0.29, 0.717) is 31.7 Å². The van der Waals surface area contributed by atoms with Crippen LogP contribution in [0.3, 0.4) is 0 Å². The van der Waals surface area contributed by atoms with E-state index < -0.39 is 33.5 Å². The van der Waals surface area contributed by atoms with Crippen LogP contribution in [0, 0.1) is 23.4 Å². The average Bonchev–Trinajstić information content (AvgIpc) is 3.50. The van der Waals surface area contributed by atoms with Gasteiger partial charge in [-0.2, -0.15) is 0 Å². The monoisotopic (exact) mass is 445 g/mol. The molecule has 2 saturated heterocycles. The Kier molecular flexibility index (Phi) is 5.84. The maximum Gasteiger partial charge on any atom is 0.238 e. The van der Waals surface area contributed by atoms with Crippen LogP contribution in [0.15, 0.2) is 12.1 Å². The molecule has 0 spiro atoms. The van der Waals surface area contributed by atoms with E-state index >= 15 is 0 Å². The molecule has 3 N–H and O–H groups in total. The summed E-state index contributed by atoms with van der Waals surface area (Å²) in [5.74, 6) is -3.37. The number of rotatable bonds is 7. The van der Waals surface area contributed by atoms with Crippen molar-refractivity contribution in [1.82, 2.24) is 9.62 Å². The van der Waals surface area contributed by atoms with E-state index in [1.165, 1.54) is 0 Å². The van der Waals surface area contributed by atoms with Gasteiger partial charge in [0.1, 0.15) is 5.82 Å². The Morgan fingerprint density at radius 1 is 1.07 bits per heavy atom. The molecule has 10 heteroatoms. The molecule has 6 nitrogen and oxygen atoms in total. The van der Waals surface area contributed by atoms with Gasteiger partial charge in [0.2, 0.25) is 15.9 Å². The standard InChI is InChI=1S/C20H26F3N3O3S/c21-16-9-18(23)17(22)7-11(16)8-19(24)12-5-13-1-2-14(6-12)26(13)20(27)10-25-30(28,29)15-3-4-15/h7,9,12-15,19,25H,1-6,8,10,24H2/t12?,13-,14+,19-/m0/s1. The third-order valence-corrected chi connectivity index (χ3v) is 8.49. The van der Waals surface area contributed by atoms with Gasteiger partial charge in [0.25, 0.3) is 0 Å². The highest BCUT2D eigenvalue weighted by Gasteiger charge is 2.45. The van der Waals surface area contributed by atoms with Crippen LogP contribution in [0.5, 0.6) is 0 Å². The molecule has 4 rings (SSSR count). The van der Waals surface area contributed by atoms with Gasteiger partial charge in [-0.3, -0.25) is 4.79 Å². The highest BCUT2D eigenvalue weighted by Crippen LogP contribution is 2.40. The Bertz CT molecular complexity index is 925. The fourth-order valence-corrected chi connectivity index (χ4v) is 6.18.